The zero-order valence-corrected chi connectivity index (χ0v) is 53.0. The van der Waals surface area contributed by atoms with Crippen LogP contribution >= 0.6 is 0 Å². The number of carbonyl (C=O) groups excluding carboxylic acids is 8. The van der Waals surface area contributed by atoms with E-state index >= 15 is 0 Å². The van der Waals surface area contributed by atoms with Crippen LogP contribution in [0.2, 0.25) is 0 Å². The van der Waals surface area contributed by atoms with Crippen LogP contribution in [0, 0.1) is 59.2 Å². The van der Waals surface area contributed by atoms with Crippen molar-refractivity contribution in [3.8, 4) is 0 Å². The highest BCUT2D eigenvalue weighted by Gasteiger charge is 2.39. The van der Waals surface area contributed by atoms with Crippen molar-refractivity contribution in [1.29, 1.82) is 0 Å². The number of aliphatic hydroxyl groups excluding tert-OH is 2. The molecule has 474 valence electrons. The number of Topliss-reactive ketones (excluding diaryl/α,β-unsaturated/α-hetero) is 3. The Labute approximate surface area is 496 Å². The summed E-state index contributed by atoms with van der Waals surface area (Å²) in [5, 5.41) is 19.8. The highest BCUT2D eigenvalue weighted by Crippen LogP contribution is 2.40. The van der Waals surface area contributed by atoms with Crippen LogP contribution < -0.4 is 0 Å². The van der Waals surface area contributed by atoms with Crippen molar-refractivity contribution in [2.24, 2.45) is 59.2 Å². The molecule has 2 N–H and O–H groups in total. The van der Waals surface area contributed by atoms with Crippen LogP contribution in [0.5, 0.6) is 0 Å². The molecule has 5 aliphatic carbocycles. The number of allylic oxidation sites excluding steroid dienone is 2. The summed E-state index contributed by atoms with van der Waals surface area (Å²) < 4.78 is 24.0. The smallest absolute Gasteiger partial charge is 0.306 e. The number of aliphatic hydroxyl groups is 2. The van der Waals surface area contributed by atoms with Crippen LogP contribution in [0.25, 0.3) is 0 Å². The van der Waals surface area contributed by atoms with Crippen LogP contribution in [0.15, 0.2) is 12.2 Å². The maximum atomic E-state index is 11.8. The van der Waals surface area contributed by atoms with Gasteiger partial charge < -0.3 is 33.9 Å². The maximum absolute atomic E-state index is 11.8. The third kappa shape index (κ3) is 30.7. The Bertz CT molecular complexity index is 1830. The zero-order valence-electron chi connectivity index (χ0n) is 53.0. The molecule has 0 amide bonds. The minimum Gasteiger partial charge on any atom is -0.469 e. The van der Waals surface area contributed by atoms with Crippen molar-refractivity contribution in [2.75, 3.05) is 34.5 Å². The fourth-order valence-corrected chi connectivity index (χ4v) is 13.1. The number of rotatable bonds is 31. The van der Waals surface area contributed by atoms with Gasteiger partial charge in [0, 0.05) is 69.1 Å². The van der Waals surface area contributed by atoms with Gasteiger partial charge in [0.2, 0.25) is 0 Å². The van der Waals surface area contributed by atoms with Gasteiger partial charge >= 0.3 is 29.8 Å². The summed E-state index contributed by atoms with van der Waals surface area (Å²) in [6.45, 7) is 15.3. The summed E-state index contributed by atoms with van der Waals surface area (Å²) in [5.74, 6) is 2.44. The Morgan fingerprint density at radius 2 is 0.720 bits per heavy atom. The number of ether oxygens (including phenoxy) is 5. The second-order valence-electron chi connectivity index (χ2n) is 23.7. The van der Waals surface area contributed by atoms with Crippen LogP contribution in [0.1, 0.15) is 260 Å². The van der Waals surface area contributed by atoms with Crippen molar-refractivity contribution < 1.29 is 72.3 Å². The first kappa shape index (κ1) is 76.0. The molecule has 0 aromatic rings. The molecule has 0 radical (unpaired) electrons. The molecule has 0 bridgehead atoms. The molecule has 12 unspecified atom stereocenters. The lowest BCUT2D eigenvalue weighted by Crippen LogP contribution is -2.22. The van der Waals surface area contributed by atoms with Crippen LogP contribution in [0.3, 0.4) is 0 Å². The Morgan fingerprint density at radius 3 is 1.06 bits per heavy atom. The van der Waals surface area contributed by atoms with E-state index in [1.165, 1.54) is 72.7 Å². The number of hydrogen-bond donors (Lipinski definition) is 2. The summed E-state index contributed by atoms with van der Waals surface area (Å²) in [4.78, 5) is 91.7. The predicted molar refractivity (Wildman–Crippen MR) is 321 cm³/mol. The lowest BCUT2D eigenvalue weighted by molar-refractivity contribution is -0.145. The van der Waals surface area contributed by atoms with Gasteiger partial charge in [0.15, 0.2) is 0 Å². The van der Waals surface area contributed by atoms with Crippen molar-refractivity contribution >= 4 is 47.2 Å². The monoisotopic (exact) mass is 1160 g/mol. The summed E-state index contributed by atoms with van der Waals surface area (Å²) in [7, 11) is 4.23. The lowest BCUT2D eigenvalue weighted by Gasteiger charge is -2.21. The highest BCUT2D eigenvalue weighted by molar-refractivity contribution is 5.85. The van der Waals surface area contributed by atoms with E-state index in [0.717, 1.165) is 109 Å². The first-order chi connectivity index (χ1) is 39.4. The normalized spacial score (nSPS) is 26.3. The first-order valence-electron chi connectivity index (χ1n) is 32.5. The van der Waals surface area contributed by atoms with E-state index in [2.05, 4.69) is 56.2 Å². The highest BCUT2D eigenvalue weighted by atomic mass is 16.5. The first-order valence-corrected chi connectivity index (χ1v) is 32.5. The number of esters is 5. The van der Waals surface area contributed by atoms with Gasteiger partial charge in [-0.3, -0.25) is 38.4 Å². The van der Waals surface area contributed by atoms with E-state index in [1.54, 1.807) is 0 Å². The SMILES string of the molecule is CC/C=C\CC1C(=O)CCC1CC(=O)OC.CCCCCC1C(=O)CCC1CC(=O)OC.CCCCCC1C(=O)CCC1CC(=O)OCC.CCCCCC1C(O)CCC1CC(=O)OC.CCCCCC1C(O)CCC1CC(=O)OCC. The summed E-state index contributed by atoms with van der Waals surface area (Å²) >= 11 is 0. The van der Waals surface area contributed by atoms with Crippen LogP contribution in [-0.2, 0) is 62.0 Å². The molecule has 0 saturated heterocycles. The topological polar surface area (TPSA) is 223 Å². The molecule has 12 atom stereocenters. The molecule has 5 saturated carbocycles. The summed E-state index contributed by atoms with van der Waals surface area (Å²) in [5.41, 5.74) is 0. The van der Waals surface area contributed by atoms with Crippen molar-refractivity contribution in [3.05, 3.63) is 12.2 Å². The molecule has 15 heteroatoms. The average Bonchev–Trinajstić information content (AvgIpc) is 4.34. The predicted octanol–water partition coefficient (Wildman–Crippen LogP) is 13.8. The molecule has 0 aromatic heterocycles. The molecule has 82 heavy (non-hydrogen) atoms. The van der Waals surface area contributed by atoms with Crippen molar-refractivity contribution in [1.82, 2.24) is 0 Å². The van der Waals surface area contributed by atoms with Crippen LogP contribution in [0.4, 0.5) is 0 Å². The van der Waals surface area contributed by atoms with E-state index in [-0.39, 0.29) is 77.6 Å². The third-order valence-corrected chi connectivity index (χ3v) is 17.8. The molecule has 5 aliphatic rings. The fraction of sp³-hybridized carbons (Fsp3) is 0.851. The molecular formula is C67H116O15. The summed E-state index contributed by atoms with van der Waals surface area (Å²) in [6.07, 6.45) is 33.9. The largest absolute Gasteiger partial charge is 0.469 e. The van der Waals surface area contributed by atoms with E-state index in [0.29, 0.717) is 106 Å². The molecule has 5 fully saturated rings. The van der Waals surface area contributed by atoms with Gasteiger partial charge in [-0.2, -0.15) is 0 Å². The summed E-state index contributed by atoms with van der Waals surface area (Å²) in [6, 6.07) is 0. The van der Waals surface area contributed by atoms with E-state index < -0.39 is 0 Å². The zero-order chi connectivity index (χ0) is 61.2. The van der Waals surface area contributed by atoms with Gasteiger partial charge in [0.1, 0.15) is 17.3 Å². The van der Waals surface area contributed by atoms with Gasteiger partial charge in [-0.15, -0.1) is 0 Å². The number of carbonyl (C=O) groups is 8. The number of hydrogen-bond acceptors (Lipinski definition) is 15. The Balaban J connectivity index is 0.000000513. The van der Waals surface area contributed by atoms with Crippen molar-refractivity contribution in [3.63, 3.8) is 0 Å². The Morgan fingerprint density at radius 1 is 0.402 bits per heavy atom. The second kappa shape index (κ2) is 46.3. The van der Waals surface area contributed by atoms with Gasteiger partial charge in [0.05, 0.1) is 46.8 Å². The van der Waals surface area contributed by atoms with Crippen LogP contribution in [-0.4, -0.2) is 104 Å². The molecule has 5 rings (SSSR count). The van der Waals surface area contributed by atoms with Gasteiger partial charge in [-0.25, -0.2) is 0 Å². The fourth-order valence-electron chi connectivity index (χ4n) is 13.1. The second-order valence-corrected chi connectivity index (χ2v) is 23.7. The number of unbranched alkanes of at least 4 members (excludes halogenated alkanes) is 8. The van der Waals surface area contributed by atoms with Crippen molar-refractivity contribution in [2.45, 2.75) is 273 Å². The molecular weight excluding hydrogens is 1040 g/mol. The number of ketones is 3. The van der Waals surface area contributed by atoms with Gasteiger partial charge in [-0.1, -0.05) is 124 Å². The quantitative estimate of drug-likeness (QED) is 0.0285. The average molecular weight is 1160 g/mol. The third-order valence-electron chi connectivity index (χ3n) is 17.8. The minimum absolute atomic E-state index is 0.0295. The lowest BCUT2D eigenvalue weighted by atomic mass is 9.87. The molecule has 15 nitrogen and oxygen atoms in total. The van der Waals surface area contributed by atoms with E-state index in [1.807, 2.05) is 13.8 Å². The molecule has 0 heterocycles. The number of methoxy groups -OCH3 is 3. The minimum atomic E-state index is -0.204. The van der Waals surface area contributed by atoms with Gasteiger partial charge in [0.25, 0.3) is 0 Å². The van der Waals surface area contributed by atoms with E-state index in [4.69, 9.17) is 14.2 Å². The Hall–Kier alpha value is -3.98. The molecule has 0 aliphatic heterocycles. The Kier molecular flexibility index (Phi) is 43.0. The maximum Gasteiger partial charge on any atom is 0.306 e. The molecule has 0 aromatic carbocycles. The standard InChI is InChI=1S/C14H26O3.C14H24O3.C13H24O3.C13H22O3.C13H20O3/c2*1-3-5-6-7-12-11(8-9-13(12)15)10-14(16)17-4-2;3*1-3-4-5-6-11-10(7-8-12(11)14)9-13(15)16-2/h11-13,15H,3-10H2,1-2H3;11-12H,3-10H2,1-2H3;10-12,14H,3-9H2,1-2H3;10-11H,3-9H2,1-2H3;4-5,10-11H,3,6-9H2,1-2H3/b;;;;5-4-. The van der Waals surface area contributed by atoms with Gasteiger partial charge in [-0.05, 0) is 139 Å². The van der Waals surface area contributed by atoms with E-state index in [9.17, 15) is 48.6 Å². The molecule has 0 spiro atoms.